The van der Waals surface area contributed by atoms with Gasteiger partial charge >= 0.3 is 0 Å². The molecule has 0 saturated carbocycles. The van der Waals surface area contributed by atoms with Gasteiger partial charge in [0.25, 0.3) is 0 Å². The summed E-state index contributed by atoms with van der Waals surface area (Å²) in [5, 5.41) is 4.38. The fourth-order valence-corrected chi connectivity index (χ4v) is 3.44. The fourth-order valence-electron chi connectivity index (χ4n) is 3.31. The zero-order valence-corrected chi connectivity index (χ0v) is 16.0. The molecule has 0 atom stereocenters. The molecule has 1 aliphatic rings. The summed E-state index contributed by atoms with van der Waals surface area (Å²) in [5.74, 6) is 1.54. The van der Waals surface area contributed by atoms with E-state index < -0.39 is 0 Å². The van der Waals surface area contributed by atoms with Crippen molar-refractivity contribution in [3.8, 4) is 22.5 Å². The molecular formula is C21H22ClN5. The molecule has 0 spiro atoms. The molecule has 3 heterocycles. The van der Waals surface area contributed by atoms with Crippen molar-refractivity contribution in [1.82, 2.24) is 19.9 Å². The third kappa shape index (κ3) is 4.26. The summed E-state index contributed by atoms with van der Waals surface area (Å²) in [5.41, 5.74) is 2.94. The van der Waals surface area contributed by atoms with Crippen molar-refractivity contribution in [3.63, 3.8) is 0 Å². The number of piperidine rings is 1. The standard InChI is InChI=1S/C21H22ClN5/c1-27-11-8-18(9-12-27)25-21-19(15-4-6-17(22)7-5-15)14-24-20(26-21)16-3-2-10-23-13-16/h2-7,10,13-14,18H,8-9,11-12H2,1H3,(H,24,25,26). The molecule has 27 heavy (non-hydrogen) atoms. The van der Waals surface area contributed by atoms with E-state index in [2.05, 4.69) is 27.2 Å². The van der Waals surface area contributed by atoms with Crippen molar-refractivity contribution >= 4 is 17.4 Å². The highest BCUT2D eigenvalue weighted by atomic mass is 35.5. The number of rotatable bonds is 4. The Morgan fingerprint density at radius 2 is 1.81 bits per heavy atom. The normalized spacial score (nSPS) is 15.6. The summed E-state index contributed by atoms with van der Waals surface area (Å²) in [6, 6.07) is 12.1. The van der Waals surface area contributed by atoms with Crippen LogP contribution >= 0.6 is 11.6 Å². The third-order valence-corrected chi connectivity index (χ3v) is 5.18. The van der Waals surface area contributed by atoms with Gasteiger partial charge in [-0.15, -0.1) is 0 Å². The lowest BCUT2D eigenvalue weighted by Gasteiger charge is -2.30. The van der Waals surface area contributed by atoms with Crippen LogP contribution in [0.5, 0.6) is 0 Å². The molecule has 0 bridgehead atoms. The van der Waals surface area contributed by atoms with Crippen molar-refractivity contribution in [3.05, 3.63) is 60.0 Å². The maximum absolute atomic E-state index is 6.06. The lowest BCUT2D eigenvalue weighted by molar-refractivity contribution is 0.263. The Bertz CT molecular complexity index is 890. The van der Waals surface area contributed by atoms with Gasteiger partial charge in [-0.2, -0.15) is 0 Å². The van der Waals surface area contributed by atoms with Crippen molar-refractivity contribution < 1.29 is 0 Å². The average molecular weight is 380 g/mol. The zero-order valence-electron chi connectivity index (χ0n) is 15.3. The van der Waals surface area contributed by atoms with Gasteiger partial charge in [-0.25, -0.2) is 9.97 Å². The Kier molecular flexibility index (Phi) is 5.32. The molecule has 1 aliphatic heterocycles. The number of likely N-dealkylation sites (tertiary alicyclic amines) is 1. The number of aromatic nitrogens is 3. The van der Waals surface area contributed by atoms with E-state index in [0.29, 0.717) is 11.9 Å². The Balaban J connectivity index is 1.70. The Labute approximate surface area is 164 Å². The number of benzene rings is 1. The maximum Gasteiger partial charge on any atom is 0.163 e. The number of halogens is 1. The highest BCUT2D eigenvalue weighted by Crippen LogP contribution is 2.30. The summed E-state index contributed by atoms with van der Waals surface area (Å²) in [7, 11) is 2.17. The quantitative estimate of drug-likeness (QED) is 0.729. The van der Waals surface area contributed by atoms with E-state index in [1.54, 1.807) is 12.4 Å². The third-order valence-electron chi connectivity index (χ3n) is 4.92. The van der Waals surface area contributed by atoms with Crippen LogP contribution in [-0.4, -0.2) is 46.0 Å². The average Bonchev–Trinajstić information content (AvgIpc) is 2.71. The largest absolute Gasteiger partial charge is 0.367 e. The van der Waals surface area contributed by atoms with E-state index in [4.69, 9.17) is 16.6 Å². The molecular weight excluding hydrogens is 358 g/mol. The van der Waals surface area contributed by atoms with Crippen LogP contribution in [0.1, 0.15) is 12.8 Å². The van der Waals surface area contributed by atoms with Crippen LogP contribution in [0, 0.1) is 0 Å². The SMILES string of the molecule is CN1CCC(Nc2nc(-c3cccnc3)ncc2-c2ccc(Cl)cc2)CC1. The minimum Gasteiger partial charge on any atom is -0.367 e. The Hall–Kier alpha value is -2.50. The monoisotopic (exact) mass is 379 g/mol. The molecule has 1 fully saturated rings. The zero-order chi connectivity index (χ0) is 18.6. The molecule has 0 radical (unpaired) electrons. The van der Waals surface area contributed by atoms with Crippen LogP contribution in [0.15, 0.2) is 55.0 Å². The van der Waals surface area contributed by atoms with E-state index in [1.807, 2.05) is 42.6 Å². The number of hydrogen-bond acceptors (Lipinski definition) is 5. The second-order valence-electron chi connectivity index (χ2n) is 6.93. The Morgan fingerprint density at radius 3 is 2.52 bits per heavy atom. The topological polar surface area (TPSA) is 53.9 Å². The fraction of sp³-hybridized carbons (Fsp3) is 0.286. The molecule has 0 unspecified atom stereocenters. The highest BCUT2D eigenvalue weighted by molar-refractivity contribution is 6.30. The van der Waals surface area contributed by atoms with Gasteiger partial charge in [0, 0.05) is 40.8 Å². The van der Waals surface area contributed by atoms with Gasteiger partial charge in [0.05, 0.1) is 0 Å². The molecule has 0 amide bonds. The van der Waals surface area contributed by atoms with Gasteiger partial charge in [0.2, 0.25) is 0 Å². The van der Waals surface area contributed by atoms with Crippen molar-refractivity contribution in [1.29, 1.82) is 0 Å². The van der Waals surface area contributed by atoms with E-state index in [-0.39, 0.29) is 0 Å². The second kappa shape index (κ2) is 8.03. The lowest BCUT2D eigenvalue weighted by Crippen LogP contribution is -2.37. The number of hydrogen-bond donors (Lipinski definition) is 1. The van der Waals surface area contributed by atoms with Gasteiger partial charge in [-0.1, -0.05) is 23.7 Å². The number of nitrogens with zero attached hydrogens (tertiary/aromatic N) is 4. The maximum atomic E-state index is 6.06. The molecule has 1 saturated heterocycles. The smallest absolute Gasteiger partial charge is 0.163 e. The van der Waals surface area contributed by atoms with Gasteiger partial charge < -0.3 is 10.2 Å². The lowest BCUT2D eigenvalue weighted by atomic mass is 10.0. The van der Waals surface area contributed by atoms with Crippen LogP contribution in [-0.2, 0) is 0 Å². The second-order valence-corrected chi connectivity index (χ2v) is 7.36. The molecule has 2 aromatic heterocycles. The van der Waals surface area contributed by atoms with Crippen LogP contribution < -0.4 is 5.32 Å². The predicted octanol–water partition coefficient (Wildman–Crippen LogP) is 4.37. The first-order valence-corrected chi connectivity index (χ1v) is 9.55. The van der Waals surface area contributed by atoms with Crippen molar-refractivity contribution in [2.75, 3.05) is 25.5 Å². The Morgan fingerprint density at radius 1 is 1.04 bits per heavy atom. The van der Waals surface area contributed by atoms with Crippen molar-refractivity contribution in [2.24, 2.45) is 0 Å². The van der Waals surface area contributed by atoms with Gasteiger partial charge in [-0.3, -0.25) is 4.98 Å². The van der Waals surface area contributed by atoms with Crippen LogP contribution in [0.2, 0.25) is 5.02 Å². The first-order chi connectivity index (χ1) is 13.2. The van der Waals surface area contributed by atoms with E-state index in [0.717, 1.165) is 53.5 Å². The van der Waals surface area contributed by atoms with Crippen LogP contribution in [0.4, 0.5) is 5.82 Å². The summed E-state index contributed by atoms with van der Waals surface area (Å²) in [6.07, 6.45) is 7.63. The van der Waals surface area contributed by atoms with Crippen LogP contribution in [0.25, 0.3) is 22.5 Å². The molecule has 5 nitrogen and oxygen atoms in total. The number of anilines is 1. The minimum absolute atomic E-state index is 0.406. The molecule has 6 heteroatoms. The molecule has 4 rings (SSSR count). The van der Waals surface area contributed by atoms with Crippen LogP contribution in [0.3, 0.4) is 0 Å². The van der Waals surface area contributed by atoms with E-state index in [9.17, 15) is 0 Å². The molecule has 1 aromatic carbocycles. The van der Waals surface area contributed by atoms with Gasteiger partial charge in [-0.05, 0) is 62.8 Å². The molecule has 0 aliphatic carbocycles. The van der Waals surface area contributed by atoms with Crippen molar-refractivity contribution in [2.45, 2.75) is 18.9 Å². The summed E-state index contributed by atoms with van der Waals surface area (Å²) in [6.45, 7) is 2.18. The van der Waals surface area contributed by atoms with E-state index in [1.165, 1.54) is 0 Å². The predicted molar refractivity (Wildman–Crippen MR) is 110 cm³/mol. The molecule has 1 N–H and O–H groups in total. The van der Waals surface area contributed by atoms with Gasteiger partial charge in [0.1, 0.15) is 5.82 Å². The summed E-state index contributed by atoms with van der Waals surface area (Å²) in [4.78, 5) is 16.0. The highest BCUT2D eigenvalue weighted by Gasteiger charge is 2.19. The number of pyridine rings is 1. The summed E-state index contributed by atoms with van der Waals surface area (Å²) < 4.78 is 0. The minimum atomic E-state index is 0.406. The van der Waals surface area contributed by atoms with Gasteiger partial charge in [0.15, 0.2) is 5.82 Å². The molecule has 3 aromatic rings. The van der Waals surface area contributed by atoms with E-state index >= 15 is 0 Å². The molecule has 138 valence electrons. The summed E-state index contributed by atoms with van der Waals surface area (Å²) >= 11 is 6.06. The number of nitrogens with one attached hydrogen (secondary N) is 1. The first-order valence-electron chi connectivity index (χ1n) is 9.17. The first kappa shape index (κ1) is 17.9.